The van der Waals surface area contributed by atoms with Gasteiger partial charge in [-0.1, -0.05) is 43.8 Å². The fraction of sp³-hybridized carbons (Fsp3) is 0.250. The molecule has 0 radical (unpaired) electrons. The summed E-state index contributed by atoms with van der Waals surface area (Å²) in [5.41, 5.74) is 0.723. The van der Waals surface area contributed by atoms with Crippen LogP contribution in [0.15, 0.2) is 41.8 Å². The minimum Gasteiger partial charge on any atom is -0.288 e. The molecule has 0 aliphatic rings. The van der Waals surface area contributed by atoms with Crippen molar-refractivity contribution in [1.82, 2.24) is 0 Å². The summed E-state index contributed by atoms with van der Waals surface area (Å²) >= 11 is 1.54. The van der Waals surface area contributed by atoms with Crippen molar-refractivity contribution in [3.8, 4) is 0 Å². The molecular weight excluding hydrogens is 192 g/mol. The number of rotatable bonds is 5. The number of carbonyl (C=O) groups is 1. The Morgan fingerprint density at radius 3 is 2.57 bits per heavy atom. The predicted octanol–water partition coefficient (Wildman–Crippen LogP) is 3.53. The predicted molar refractivity (Wildman–Crippen MR) is 62.7 cm³/mol. The molecule has 0 aliphatic heterocycles. The second kappa shape index (κ2) is 5.66. The molecule has 0 spiro atoms. The van der Waals surface area contributed by atoms with Crippen LogP contribution in [0.2, 0.25) is 0 Å². The van der Waals surface area contributed by atoms with Gasteiger partial charge in [-0.3, -0.25) is 4.79 Å². The number of hydrogen-bond donors (Lipinski definition) is 0. The van der Waals surface area contributed by atoms with Crippen LogP contribution >= 0.6 is 11.8 Å². The lowest BCUT2D eigenvalue weighted by atomic mass is 10.1. The molecule has 0 atom stereocenters. The Balaban J connectivity index is 2.62. The topological polar surface area (TPSA) is 17.1 Å². The molecule has 0 aliphatic carbocycles. The molecule has 0 N–H and O–H groups in total. The van der Waals surface area contributed by atoms with Crippen LogP contribution in [0.1, 0.15) is 23.7 Å². The van der Waals surface area contributed by atoms with E-state index in [-0.39, 0.29) is 5.78 Å². The van der Waals surface area contributed by atoms with Gasteiger partial charge >= 0.3 is 0 Å². The maximum absolute atomic E-state index is 11.7. The highest BCUT2D eigenvalue weighted by Crippen LogP contribution is 2.19. The summed E-state index contributed by atoms with van der Waals surface area (Å²) in [7, 11) is 0. The Kier molecular flexibility index (Phi) is 4.47. The van der Waals surface area contributed by atoms with Crippen LogP contribution in [0.3, 0.4) is 0 Å². The molecule has 0 bridgehead atoms. The van der Waals surface area contributed by atoms with E-state index in [1.807, 2.05) is 30.3 Å². The fourth-order valence-corrected chi connectivity index (χ4v) is 1.74. The molecule has 0 heterocycles. The second-order valence-electron chi connectivity index (χ2n) is 2.97. The van der Waals surface area contributed by atoms with Crippen molar-refractivity contribution >= 4 is 17.5 Å². The molecule has 2 heteroatoms. The first-order valence-electron chi connectivity index (χ1n) is 4.67. The van der Waals surface area contributed by atoms with Crippen LogP contribution in [0.4, 0.5) is 0 Å². The van der Waals surface area contributed by atoms with Crippen molar-refractivity contribution < 1.29 is 4.79 Å². The number of thioether (sulfide) groups is 1. The summed E-state index contributed by atoms with van der Waals surface area (Å²) in [5, 5.41) is 0. The van der Waals surface area contributed by atoms with E-state index in [4.69, 9.17) is 0 Å². The molecule has 0 unspecified atom stereocenters. The lowest BCUT2D eigenvalue weighted by Gasteiger charge is -2.02. The van der Waals surface area contributed by atoms with E-state index in [0.29, 0.717) is 4.91 Å². The van der Waals surface area contributed by atoms with Crippen LogP contribution < -0.4 is 0 Å². The maximum atomic E-state index is 11.7. The van der Waals surface area contributed by atoms with Gasteiger partial charge in [-0.15, -0.1) is 11.8 Å². The molecule has 1 aromatic rings. The van der Waals surface area contributed by atoms with Crippen LogP contribution in [-0.4, -0.2) is 11.5 Å². The third-order valence-corrected chi connectivity index (χ3v) is 2.92. The highest BCUT2D eigenvalue weighted by Gasteiger charge is 2.08. The van der Waals surface area contributed by atoms with Gasteiger partial charge in [-0.2, -0.15) is 0 Å². The largest absolute Gasteiger partial charge is 0.288 e. The molecule has 0 aromatic heterocycles. The van der Waals surface area contributed by atoms with E-state index in [9.17, 15) is 4.79 Å². The van der Waals surface area contributed by atoms with Crippen LogP contribution in [-0.2, 0) is 0 Å². The Labute approximate surface area is 89.2 Å². The monoisotopic (exact) mass is 206 g/mol. The molecule has 1 rings (SSSR count). The number of ketones is 1. The van der Waals surface area contributed by atoms with Gasteiger partial charge in [0.05, 0.1) is 0 Å². The van der Waals surface area contributed by atoms with Gasteiger partial charge in [-0.05, 0) is 12.2 Å². The molecule has 0 amide bonds. The molecule has 1 nitrogen and oxygen atoms in total. The molecule has 14 heavy (non-hydrogen) atoms. The van der Waals surface area contributed by atoms with Crippen molar-refractivity contribution in [2.45, 2.75) is 13.3 Å². The number of hydrogen-bond acceptors (Lipinski definition) is 2. The van der Waals surface area contributed by atoms with E-state index in [1.165, 1.54) is 11.8 Å². The smallest absolute Gasteiger partial charge is 0.198 e. The zero-order chi connectivity index (χ0) is 10.4. The zero-order valence-electron chi connectivity index (χ0n) is 8.32. The van der Waals surface area contributed by atoms with Crippen molar-refractivity contribution in [3.63, 3.8) is 0 Å². The fourth-order valence-electron chi connectivity index (χ4n) is 1.04. The van der Waals surface area contributed by atoms with Gasteiger partial charge in [0.2, 0.25) is 0 Å². The van der Waals surface area contributed by atoms with Gasteiger partial charge in [0.25, 0.3) is 0 Å². The normalized spacial score (nSPS) is 9.79. The lowest BCUT2D eigenvalue weighted by molar-refractivity contribution is 0.104. The van der Waals surface area contributed by atoms with Gasteiger partial charge in [0.15, 0.2) is 5.78 Å². The minimum absolute atomic E-state index is 0.0454. The average Bonchev–Trinajstić information content (AvgIpc) is 2.26. The van der Waals surface area contributed by atoms with Crippen molar-refractivity contribution in [1.29, 1.82) is 0 Å². The minimum atomic E-state index is 0.0454. The van der Waals surface area contributed by atoms with Gasteiger partial charge in [0, 0.05) is 10.5 Å². The maximum Gasteiger partial charge on any atom is 0.198 e. The Morgan fingerprint density at radius 1 is 1.36 bits per heavy atom. The van der Waals surface area contributed by atoms with Gasteiger partial charge in [-0.25, -0.2) is 0 Å². The van der Waals surface area contributed by atoms with E-state index in [2.05, 4.69) is 13.5 Å². The molecule has 74 valence electrons. The standard InChI is InChI=1S/C12H14OS/c1-3-9-14-10(2)12(13)11-7-5-4-6-8-11/h4-8H,2-3,9H2,1H3. The first-order valence-corrected chi connectivity index (χ1v) is 5.65. The quantitative estimate of drug-likeness (QED) is 0.541. The molecule has 1 aromatic carbocycles. The lowest BCUT2D eigenvalue weighted by Crippen LogP contribution is -1.99. The van der Waals surface area contributed by atoms with E-state index >= 15 is 0 Å². The van der Waals surface area contributed by atoms with Crippen molar-refractivity contribution in [3.05, 3.63) is 47.4 Å². The summed E-state index contributed by atoms with van der Waals surface area (Å²) in [6.07, 6.45) is 1.06. The molecular formula is C12H14OS. The highest BCUT2D eigenvalue weighted by atomic mass is 32.2. The first-order chi connectivity index (χ1) is 6.75. The highest BCUT2D eigenvalue weighted by molar-refractivity contribution is 8.04. The third kappa shape index (κ3) is 3.04. The second-order valence-corrected chi connectivity index (χ2v) is 4.16. The Hall–Kier alpha value is -1.02. The molecule has 0 fully saturated rings. The molecule has 0 saturated carbocycles. The summed E-state index contributed by atoms with van der Waals surface area (Å²) in [6, 6.07) is 9.27. The van der Waals surface area contributed by atoms with Crippen LogP contribution in [0.5, 0.6) is 0 Å². The van der Waals surface area contributed by atoms with Gasteiger partial charge in [0.1, 0.15) is 0 Å². The SMILES string of the molecule is C=C(SCCC)C(=O)c1ccccc1. The van der Waals surface area contributed by atoms with Crippen molar-refractivity contribution in [2.24, 2.45) is 0 Å². The molecule has 0 saturated heterocycles. The van der Waals surface area contributed by atoms with Crippen LogP contribution in [0.25, 0.3) is 0 Å². The average molecular weight is 206 g/mol. The number of benzene rings is 1. The van der Waals surface area contributed by atoms with Crippen LogP contribution in [0, 0.1) is 0 Å². The van der Waals surface area contributed by atoms with E-state index in [1.54, 1.807) is 0 Å². The summed E-state index contributed by atoms with van der Waals surface area (Å²) in [5.74, 6) is 1.00. The van der Waals surface area contributed by atoms with Crippen molar-refractivity contribution in [2.75, 3.05) is 5.75 Å². The Morgan fingerprint density at radius 2 is 2.00 bits per heavy atom. The van der Waals surface area contributed by atoms with Gasteiger partial charge < -0.3 is 0 Å². The number of allylic oxidation sites excluding steroid dienone is 1. The summed E-state index contributed by atoms with van der Waals surface area (Å²) < 4.78 is 0. The third-order valence-electron chi connectivity index (χ3n) is 1.77. The number of carbonyl (C=O) groups excluding carboxylic acids is 1. The van der Waals surface area contributed by atoms with E-state index < -0.39 is 0 Å². The number of Topliss-reactive ketones (excluding diaryl/α,β-unsaturated/α-hetero) is 1. The zero-order valence-corrected chi connectivity index (χ0v) is 9.14. The first kappa shape index (κ1) is 11.1. The summed E-state index contributed by atoms with van der Waals surface area (Å²) in [6.45, 7) is 5.87. The Bertz CT molecular complexity index is 316. The summed E-state index contributed by atoms with van der Waals surface area (Å²) in [4.78, 5) is 12.4. The van der Waals surface area contributed by atoms with E-state index in [0.717, 1.165) is 17.7 Å².